The molecule has 0 aliphatic heterocycles. The number of ether oxygens (including phenoxy) is 1. The summed E-state index contributed by atoms with van der Waals surface area (Å²) >= 11 is 0. The van der Waals surface area contributed by atoms with Gasteiger partial charge in [0.1, 0.15) is 5.75 Å². The quantitative estimate of drug-likeness (QED) is 0.740. The molecule has 0 aliphatic carbocycles. The van der Waals surface area contributed by atoms with Gasteiger partial charge in [0.05, 0.1) is 5.56 Å². The van der Waals surface area contributed by atoms with Crippen molar-refractivity contribution < 1.29 is 22.4 Å². The molecule has 1 aromatic carbocycles. The van der Waals surface area contributed by atoms with E-state index in [1.807, 2.05) is 6.92 Å². The Morgan fingerprint density at radius 1 is 1.15 bits per heavy atom. The molecule has 0 aliphatic rings. The maximum atomic E-state index is 12.5. The summed E-state index contributed by atoms with van der Waals surface area (Å²) in [6.07, 6.45) is -3.23. The van der Waals surface area contributed by atoms with E-state index in [2.05, 4.69) is 15.1 Å². The van der Waals surface area contributed by atoms with Crippen LogP contribution in [-0.2, 0) is 12.6 Å². The van der Waals surface area contributed by atoms with Crippen LogP contribution in [0, 0.1) is 0 Å². The number of rotatable bonds is 5. The zero-order chi connectivity index (χ0) is 18.7. The Morgan fingerprint density at radius 3 is 2.46 bits per heavy atom. The molecule has 2 heterocycles. The van der Waals surface area contributed by atoms with E-state index >= 15 is 0 Å². The van der Waals surface area contributed by atoms with Crippen molar-refractivity contribution in [3.63, 3.8) is 0 Å². The molecule has 3 aromatic rings. The fraction of sp³-hybridized carbons (Fsp3) is 0.235. The van der Waals surface area contributed by atoms with Crippen molar-refractivity contribution in [2.75, 3.05) is 0 Å². The molecule has 0 amide bonds. The van der Waals surface area contributed by atoms with Crippen molar-refractivity contribution in [1.29, 1.82) is 0 Å². The van der Waals surface area contributed by atoms with Crippen LogP contribution in [0.25, 0.3) is 11.4 Å². The summed E-state index contributed by atoms with van der Waals surface area (Å²) in [5, 5.41) is 3.88. The van der Waals surface area contributed by atoms with Crippen molar-refractivity contribution in [2.24, 2.45) is 5.73 Å². The van der Waals surface area contributed by atoms with Crippen molar-refractivity contribution in [3.05, 3.63) is 54.0 Å². The molecule has 0 radical (unpaired) electrons. The van der Waals surface area contributed by atoms with Crippen molar-refractivity contribution in [2.45, 2.75) is 25.6 Å². The van der Waals surface area contributed by atoms with E-state index in [1.165, 1.54) is 0 Å². The van der Waals surface area contributed by atoms with Gasteiger partial charge in [0.15, 0.2) is 0 Å². The second-order valence-electron chi connectivity index (χ2n) is 5.70. The Bertz CT molecular complexity index is 859. The maximum absolute atomic E-state index is 12.5. The summed E-state index contributed by atoms with van der Waals surface area (Å²) < 4.78 is 48.1. The number of alkyl halides is 3. The summed E-state index contributed by atoms with van der Waals surface area (Å²) in [5.41, 5.74) is 5.56. The van der Waals surface area contributed by atoms with Gasteiger partial charge in [-0.1, -0.05) is 5.16 Å². The standard InChI is InChI=1S/C17H15F3N4O2/c1-10(21)8-15-23-16(24-26-15)11-2-5-13(6-3-11)25-14-7-4-12(9-22-14)17(18,19)20/h2-7,9-10H,8,21H2,1H3/t10-/m0/s1. The highest BCUT2D eigenvalue weighted by Gasteiger charge is 2.30. The topological polar surface area (TPSA) is 87.1 Å². The number of benzene rings is 1. The predicted octanol–water partition coefficient (Wildman–Crippen LogP) is 3.83. The van der Waals surface area contributed by atoms with Gasteiger partial charge < -0.3 is 15.0 Å². The lowest BCUT2D eigenvalue weighted by atomic mass is 10.2. The minimum Gasteiger partial charge on any atom is -0.439 e. The first kappa shape index (κ1) is 17.9. The van der Waals surface area contributed by atoms with Crippen LogP contribution in [-0.4, -0.2) is 21.2 Å². The minimum absolute atomic E-state index is 0.0598. The summed E-state index contributed by atoms with van der Waals surface area (Å²) in [5.74, 6) is 1.34. The lowest BCUT2D eigenvalue weighted by molar-refractivity contribution is -0.137. The fourth-order valence-electron chi connectivity index (χ4n) is 2.13. The molecular formula is C17H15F3N4O2. The minimum atomic E-state index is -4.43. The Labute approximate surface area is 146 Å². The van der Waals surface area contributed by atoms with Gasteiger partial charge >= 0.3 is 6.18 Å². The van der Waals surface area contributed by atoms with E-state index in [4.69, 9.17) is 15.0 Å². The molecule has 3 rings (SSSR count). The third-order valence-corrected chi connectivity index (χ3v) is 3.36. The van der Waals surface area contributed by atoms with Gasteiger partial charge in [-0.25, -0.2) is 4.98 Å². The molecule has 2 N–H and O–H groups in total. The molecule has 1 atom stereocenters. The second-order valence-corrected chi connectivity index (χ2v) is 5.70. The lowest BCUT2D eigenvalue weighted by Gasteiger charge is -2.08. The van der Waals surface area contributed by atoms with Crippen LogP contribution < -0.4 is 10.5 Å². The van der Waals surface area contributed by atoms with E-state index in [-0.39, 0.29) is 11.9 Å². The zero-order valence-electron chi connectivity index (χ0n) is 13.7. The molecule has 0 fully saturated rings. The van der Waals surface area contributed by atoms with Crippen LogP contribution in [0.4, 0.5) is 13.2 Å². The molecular weight excluding hydrogens is 349 g/mol. The fourth-order valence-corrected chi connectivity index (χ4v) is 2.13. The van der Waals surface area contributed by atoms with E-state index in [0.717, 1.165) is 18.3 Å². The smallest absolute Gasteiger partial charge is 0.417 e. The number of pyridine rings is 1. The van der Waals surface area contributed by atoms with Crippen LogP contribution in [0.2, 0.25) is 0 Å². The van der Waals surface area contributed by atoms with Crippen molar-refractivity contribution in [1.82, 2.24) is 15.1 Å². The van der Waals surface area contributed by atoms with Gasteiger partial charge in [-0.3, -0.25) is 0 Å². The monoisotopic (exact) mass is 364 g/mol. The Morgan fingerprint density at radius 2 is 1.88 bits per heavy atom. The third-order valence-electron chi connectivity index (χ3n) is 3.36. The number of hydrogen-bond donors (Lipinski definition) is 1. The highest BCUT2D eigenvalue weighted by Crippen LogP contribution is 2.30. The summed E-state index contributed by atoms with van der Waals surface area (Å²) in [7, 11) is 0. The summed E-state index contributed by atoms with van der Waals surface area (Å²) in [6, 6.07) is 8.67. The predicted molar refractivity (Wildman–Crippen MR) is 86.4 cm³/mol. The third kappa shape index (κ3) is 4.37. The van der Waals surface area contributed by atoms with Crippen LogP contribution in [0.5, 0.6) is 11.6 Å². The Hall–Kier alpha value is -2.94. The lowest BCUT2D eigenvalue weighted by Crippen LogP contribution is -2.17. The first-order chi connectivity index (χ1) is 12.3. The van der Waals surface area contributed by atoms with Crippen molar-refractivity contribution in [3.8, 4) is 23.0 Å². The molecule has 0 spiro atoms. The van der Waals surface area contributed by atoms with Gasteiger partial charge in [0.25, 0.3) is 0 Å². The molecule has 0 unspecified atom stereocenters. The second kappa shape index (κ2) is 7.12. The van der Waals surface area contributed by atoms with Gasteiger partial charge in [0.2, 0.25) is 17.6 Å². The molecule has 0 bridgehead atoms. The normalized spacial score (nSPS) is 12.8. The highest BCUT2D eigenvalue weighted by molar-refractivity contribution is 5.55. The maximum Gasteiger partial charge on any atom is 0.417 e. The van der Waals surface area contributed by atoms with Gasteiger partial charge in [0, 0.05) is 30.3 Å². The zero-order valence-corrected chi connectivity index (χ0v) is 13.7. The first-order valence-corrected chi connectivity index (χ1v) is 7.71. The molecule has 0 saturated heterocycles. The first-order valence-electron chi connectivity index (χ1n) is 7.71. The largest absolute Gasteiger partial charge is 0.439 e. The molecule has 9 heteroatoms. The van der Waals surface area contributed by atoms with Gasteiger partial charge in [-0.2, -0.15) is 18.2 Å². The molecule has 2 aromatic heterocycles. The van der Waals surface area contributed by atoms with Crippen molar-refractivity contribution >= 4 is 0 Å². The molecule has 0 saturated carbocycles. The number of nitrogens with zero attached hydrogens (tertiary/aromatic N) is 3. The van der Waals surface area contributed by atoms with E-state index in [1.54, 1.807) is 24.3 Å². The number of nitrogens with two attached hydrogens (primary N) is 1. The summed E-state index contributed by atoms with van der Waals surface area (Å²) in [4.78, 5) is 7.91. The summed E-state index contributed by atoms with van der Waals surface area (Å²) in [6.45, 7) is 1.84. The van der Waals surface area contributed by atoms with Crippen LogP contribution in [0.15, 0.2) is 47.1 Å². The number of hydrogen-bond acceptors (Lipinski definition) is 6. The van der Waals surface area contributed by atoms with Gasteiger partial charge in [-0.05, 0) is 37.3 Å². The Balaban J connectivity index is 1.69. The van der Waals surface area contributed by atoms with Crippen LogP contribution >= 0.6 is 0 Å². The van der Waals surface area contributed by atoms with Crippen LogP contribution in [0.1, 0.15) is 18.4 Å². The Kier molecular flexibility index (Phi) is 4.90. The van der Waals surface area contributed by atoms with E-state index in [0.29, 0.717) is 29.4 Å². The average molecular weight is 364 g/mol. The average Bonchev–Trinajstić information content (AvgIpc) is 3.03. The van der Waals surface area contributed by atoms with E-state index < -0.39 is 11.7 Å². The SMILES string of the molecule is C[C@H](N)Cc1nc(-c2ccc(Oc3ccc(C(F)(F)F)cn3)cc2)no1. The molecule has 26 heavy (non-hydrogen) atoms. The molecule has 6 nitrogen and oxygen atoms in total. The number of aromatic nitrogens is 3. The van der Waals surface area contributed by atoms with Gasteiger partial charge in [-0.15, -0.1) is 0 Å². The highest BCUT2D eigenvalue weighted by atomic mass is 19.4. The molecule has 136 valence electrons. The van der Waals surface area contributed by atoms with Crippen LogP contribution in [0.3, 0.4) is 0 Å². The van der Waals surface area contributed by atoms with E-state index in [9.17, 15) is 13.2 Å². The number of halogens is 3.